The SMILES string of the molecule is CC(C)CCS(=O)(=O)c1ccc(C(=O)CC(C)C)cc1. The third-order valence-electron chi connectivity index (χ3n) is 3.09. The lowest BCUT2D eigenvalue weighted by Gasteiger charge is -2.08. The van der Waals surface area contributed by atoms with E-state index in [1.54, 1.807) is 24.3 Å². The van der Waals surface area contributed by atoms with Gasteiger partial charge in [-0.05, 0) is 30.4 Å². The molecule has 0 bridgehead atoms. The predicted octanol–water partition coefficient (Wildman–Crippen LogP) is 3.74. The van der Waals surface area contributed by atoms with Crippen molar-refractivity contribution in [2.75, 3.05) is 5.75 Å². The Morgan fingerprint density at radius 3 is 2.00 bits per heavy atom. The van der Waals surface area contributed by atoms with E-state index in [0.29, 0.717) is 35.1 Å². The summed E-state index contributed by atoms with van der Waals surface area (Å²) in [6, 6.07) is 6.33. The minimum atomic E-state index is -3.23. The minimum Gasteiger partial charge on any atom is -0.294 e. The third kappa shape index (κ3) is 5.08. The molecule has 1 aromatic carbocycles. The van der Waals surface area contributed by atoms with Crippen molar-refractivity contribution in [3.63, 3.8) is 0 Å². The van der Waals surface area contributed by atoms with Gasteiger partial charge in [-0.25, -0.2) is 8.42 Å². The molecule has 0 saturated carbocycles. The average molecular weight is 296 g/mol. The van der Waals surface area contributed by atoms with Crippen LogP contribution in [0.1, 0.15) is 50.9 Å². The van der Waals surface area contributed by atoms with Crippen LogP contribution in [0.3, 0.4) is 0 Å². The second-order valence-corrected chi connectivity index (χ2v) is 8.16. The van der Waals surface area contributed by atoms with Gasteiger partial charge in [-0.15, -0.1) is 0 Å². The zero-order valence-electron chi connectivity index (χ0n) is 12.7. The van der Waals surface area contributed by atoms with E-state index in [4.69, 9.17) is 0 Å². The summed E-state index contributed by atoms with van der Waals surface area (Å²) in [5, 5.41) is 0. The first-order valence-electron chi connectivity index (χ1n) is 7.08. The quantitative estimate of drug-likeness (QED) is 0.720. The number of hydrogen-bond donors (Lipinski definition) is 0. The van der Waals surface area contributed by atoms with Gasteiger partial charge in [-0.1, -0.05) is 39.8 Å². The van der Waals surface area contributed by atoms with E-state index in [1.165, 1.54) is 0 Å². The topological polar surface area (TPSA) is 51.2 Å². The summed E-state index contributed by atoms with van der Waals surface area (Å²) >= 11 is 0. The lowest BCUT2D eigenvalue weighted by molar-refractivity contribution is 0.0968. The van der Waals surface area contributed by atoms with Crippen LogP contribution in [-0.4, -0.2) is 20.0 Å². The highest BCUT2D eigenvalue weighted by Gasteiger charge is 2.16. The highest BCUT2D eigenvalue weighted by atomic mass is 32.2. The molecule has 112 valence electrons. The molecule has 1 rings (SSSR count). The van der Waals surface area contributed by atoms with Crippen molar-refractivity contribution in [3.8, 4) is 0 Å². The first-order valence-corrected chi connectivity index (χ1v) is 8.73. The number of Topliss-reactive ketones (excluding diaryl/α,β-unsaturated/α-hetero) is 1. The molecule has 0 radical (unpaired) electrons. The molecule has 4 heteroatoms. The fourth-order valence-corrected chi connectivity index (χ4v) is 3.41. The number of benzene rings is 1. The van der Waals surface area contributed by atoms with Crippen LogP contribution in [0.4, 0.5) is 0 Å². The molecule has 0 unspecified atom stereocenters. The Bertz CT molecular complexity index is 540. The zero-order chi connectivity index (χ0) is 15.3. The Balaban J connectivity index is 2.83. The van der Waals surface area contributed by atoms with Crippen LogP contribution < -0.4 is 0 Å². The summed E-state index contributed by atoms with van der Waals surface area (Å²) in [7, 11) is -3.23. The minimum absolute atomic E-state index is 0.0612. The summed E-state index contributed by atoms with van der Waals surface area (Å²) < 4.78 is 24.2. The van der Waals surface area contributed by atoms with Crippen LogP contribution in [0.2, 0.25) is 0 Å². The van der Waals surface area contributed by atoms with Gasteiger partial charge < -0.3 is 0 Å². The lowest BCUT2D eigenvalue weighted by atomic mass is 10.0. The number of hydrogen-bond acceptors (Lipinski definition) is 3. The molecule has 0 spiro atoms. The molecule has 0 N–H and O–H groups in total. The van der Waals surface area contributed by atoms with E-state index in [1.807, 2.05) is 27.7 Å². The van der Waals surface area contributed by atoms with Crippen LogP contribution in [0, 0.1) is 11.8 Å². The molecule has 0 fully saturated rings. The maximum Gasteiger partial charge on any atom is 0.178 e. The highest BCUT2D eigenvalue weighted by molar-refractivity contribution is 7.91. The summed E-state index contributed by atoms with van der Waals surface area (Å²) in [6.07, 6.45) is 1.13. The summed E-state index contributed by atoms with van der Waals surface area (Å²) in [4.78, 5) is 12.2. The van der Waals surface area contributed by atoms with E-state index in [0.717, 1.165) is 0 Å². The number of carbonyl (C=O) groups is 1. The van der Waals surface area contributed by atoms with E-state index in [2.05, 4.69) is 0 Å². The molecule has 0 amide bonds. The number of sulfone groups is 1. The molecule has 0 aliphatic carbocycles. The van der Waals surface area contributed by atoms with Crippen LogP contribution in [-0.2, 0) is 9.84 Å². The van der Waals surface area contributed by atoms with Gasteiger partial charge >= 0.3 is 0 Å². The van der Waals surface area contributed by atoms with Gasteiger partial charge in [0.25, 0.3) is 0 Å². The molecular formula is C16H24O3S. The van der Waals surface area contributed by atoms with Crippen LogP contribution >= 0.6 is 0 Å². The average Bonchev–Trinajstić information content (AvgIpc) is 2.36. The Kier molecular flexibility index (Phi) is 5.93. The van der Waals surface area contributed by atoms with Gasteiger partial charge in [-0.3, -0.25) is 4.79 Å². The van der Waals surface area contributed by atoms with Crippen molar-refractivity contribution in [2.45, 2.75) is 45.4 Å². The van der Waals surface area contributed by atoms with E-state index >= 15 is 0 Å². The number of carbonyl (C=O) groups excluding carboxylic acids is 1. The Morgan fingerprint density at radius 2 is 1.55 bits per heavy atom. The van der Waals surface area contributed by atoms with E-state index < -0.39 is 9.84 Å². The van der Waals surface area contributed by atoms with Gasteiger partial charge in [0.05, 0.1) is 10.6 Å². The molecule has 0 aliphatic heterocycles. The number of ketones is 1. The monoisotopic (exact) mass is 296 g/mol. The van der Waals surface area contributed by atoms with E-state index in [9.17, 15) is 13.2 Å². The van der Waals surface area contributed by atoms with Crippen LogP contribution in [0.15, 0.2) is 29.2 Å². The van der Waals surface area contributed by atoms with E-state index in [-0.39, 0.29) is 11.5 Å². The molecule has 0 aliphatic rings. The zero-order valence-corrected chi connectivity index (χ0v) is 13.5. The molecule has 20 heavy (non-hydrogen) atoms. The standard InChI is InChI=1S/C16H24O3S/c1-12(2)9-10-20(18,19)15-7-5-14(6-8-15)16(17)11-13(3)4/h5-8,12-13H,9-11H2,1-4H3. The van der Waals surface area contributed by atoms with Crippen LogP contribution in [0.5, 0.6) is 0 Å². The van der Waals surface area contributed by atoms with Crippen molar-refractivity contribution in [1.29, 1.82) is 0 Å². The summed E-state index contributed by atoms with van der Waals surface area (Å²) in [5.74, 6) is 0.879. The number of rotatable bonds is 7. The summed E-state index contributed by atoms with van der Waals surface area (Å²) in [6.45, 7) is 7.98. The van der Waals surface area contributed by atoms with Crippen molar-refractivity contribution >= 4 is 15.6 Å². The molecule has 0 aromatic heterocycles. The summed E-state index contributed by atoms with van der Waals surface area (Å²) in [5.41, 5.74) is 0.585. The van der Waals surface area contributed by atoms with Crippen molar-refractivity contribution in [1.82, 2.24) is 0 Å². The maximum atomic E-state index is 12.1. The van der Waals surface area contributed by atoms with Crippen molar-refractivity contribution in [3.05, 3.63) is 29.8 Å². The van der Waals surface area contributed by atoms with Crippen LogP contribution in [0.25, 0.3) is 0 Å². The van der Waals surface area contributed by atoms with Gasteiger partial charge in [0.1, 0.15) is 0 Å². The second kappa shape index (κ2) is 7.02. The highest BCUT2D eigenvalue weighted by Crippen LogP contribution is 2.17. The van der Waals surface area contributed by atoms with Gasteiger partial charge in [-0.2, -0.15) is 0 Å². The first-order chi connectivity index (χ1) is 9.22. The van der Waals surface area contributed by atoms with Gasteiger partial charge in [0.2, 0.25) is 0 Å². The van der Waals surface area contributed by atoms with Gasteiger partial charge in [0.15, 0.2) is 15.6 Å². The predicted molar refractivity (Wildman–Crippen MR) is 81.7 cm³/mol. The van der Waals surface area contributed by atoms with Crippen molar-refractivity contribution in [2.24, 2.45) is 11.8 Å². The van der Waals surface area contributed by atoms with Gasteiger partial charge in [0, 0.05) is 12.0 Å². The Labute approximate surface area is 122 Å². The third-order valence-corrected chi connectivity index (χ3v) is 4.86. The Hall–Kier alpha value is -1.16. The smallest absolute Gasteiger partial charge is 0.178 e. The maximum absolute atomic E-state index is 12.1. The fourth-order valence-electron chi connectivity index (χ4n) is 1.85. The molecule has 0 saturated heterocycles. The van der Waals surface area contributed by atoms with Crippen molar-refractivity contribution < 1.29 is 13.2 Å². The molecule has 3 nitrogen and oxygen atoms in total. The Morgan fingerprint density at radius 1 is 1.00 bits per heavy atom. The molecule has 0 atom stereocenters. The molecule has 0 heterocycles. The molecule has 1 aromatic rings. The largest absolute Gasteiger partial charge is 0.294 e. The first kappa shape index (κ1) is 16.9. The fraction of sp³-hybridized carbons (Fsp3) is 0.562. The lowest BCUT2D eigenvalue weighted by Crippen LogP contribution is -2.10. The normalized spacial score (nSPS) is 12.1. The molecular weight excluding hydrogens is 272 g/mol. The second-order valence-electron chi connectivity index (χ2n) is 6.05.